The van der Waals surface area contributed by atoms with Crippen LogP contribution in [0, 0.1) is 0 Å². The lowest BCUT2D eigenvalue weighted by atomic mass is 9.93. The van der Waals surface area contributed by atoms with Crippen LogP contribution in [0.4, 0.5) is 0 Å². The summed E-state index contributed by atoms with van der Waals surface area (Å²) in [6.07, 6.45) is 2.84. The molecule has 0 saturated heterocycles. The number of ether oxygens (including phenoxy) is 2. The fourth-order valence-corrected chi connectivity index (χ4v) is 2.33. The molecule has 0 amide bonds. The Kier molecular flexibility index (Phi) is 3.44. The van der Waals surface area contributed by atoms with Crippen LogP contribution in [0.2, 0.25) is 0 Å². The van der Waals surface area contributed by atoms with Gasteiger partial charge in [-0.1, -0.05) is 30.3 Å². The summed E-state index contributed by atoms with van der Waals surface area (Å²) in [6, 6.07) is 15.1. The molecule has 2 aromatic rings. The van der Waals surface area contributed by atoms with Gasteiger partial charge in [0.15, 0.2) is 0 Å². The number of hydrogen-bond acceptors (Lipinski definition) is 3. The van der Waals surface area contributed by atoms with Gasteiger partial charge in [-0.05, 0) is 41.5 Å². The summed E-state index contributed by atoms with van der Waals surface area (Å²) in [7, 11) is 1.63. The van der Waals surface area contributed by atoms with Crippen LogP contribution in [0.25, 0.3) is 6.08 Å². The maximum absolute atomic E-state index is 10.4. The van der Waals surface area contributed by atoms with Crippen molar-refractivity contribution in [3.63, 3.8) is 0 Å². The van der Waals surface area contributed by atoms with E-state index in [1.807, 2.05) is 60.7 Å². The zero-order valence-corrected chi connectivity index (χ0v) is 11.2. The molecule has 3 nitrogen and oxygen atoms in total. The van der Waals surface area contributed by atoms with Crippen molar-refractivity contribution in [3.8, 4) is 11.5 Å². The van der Waals surface area contributed by atoms with Gasteiger partial charge >= 0.3 is 0 Å². The van der Waals surface area contributed by atoms with E-state index in [9.17, 15) is 5.11 Å². The predicted octanol–water partition coefficient (Wildman–Crippen LogP) is 3.20. The highest BCUT2D eigenvalue weighted by atomic mass is 16.5. The van der Waals surface area contributed by atoms with E-state index in [-0.39, 0.29) is 6.10 Å². The number of fused-ring (bicyclic) bond motifs is 1. The monoisotopic (exact) mass is 268 g/mol. The van der Waals surface area contributed by atoms with Crippen molar-refractivity contribution in [2.75, 3.05) is 7.11 Å². The summed E-state index contributed by atoms with van der Waals surface area (Å²) in [5, 5.41) is 10.4. The lowest BCUT2D eigenvalue weighted by Crippen LogP contribution is -2.25. The van der Waals surface area contributed by atoms with Crippen LogP contribution in [0.3, 0.4) is 0 Å². The number of hydrogen-bond donors (Lipinski definition) is 1. The molecule has 0 fully saturated rings. The van der Waals surface area contributed by atoms with E-state index in [4.69, 9.17) is 9.47 Å². The molecule has 0 radical (unpaired) electrons. The summed E-state index contributed by atoms with van der Waals surface area (Å²) in [5.74, 6) is 1.49. The van der Waals surface area contributed by atoms with Crippen LogP contribution >= 0.6 is 0 Å². The number of aliphatic hydroxyl groups excluding tert-OH is 1. The molecule has 1 N–H and O–H groups in total. The average Bonchev–Trinajstić information content (AvgIpc) is 2.51. The summed E-state index contributed by atoms with van der Waals surface area (Å²) in [4.78, 5) is 0. The maximum Gasteiger partial charge on any atom is 0.147 e. The zero-order valence-electron chi connectivity index (χ0n) is 11.2. The lowest BCUT2D eigenvalue weighted by molar-refractivity contribution is 0.0623. The second kappa shape index (κ2) is 5.39. The Labute approximate surface area is 118 Å². The molecular formula is C17H16O3. The number of benzene rings is 2. The topological polar surface area (TPSA) is 38.7 Å². The minimum absolute atomic E-state index is 0.377. The molecule has 1 aliphatic carbocycles. The Morgan fingerprint density at radius 1 is 0.950 bits per heavy atom. The maximum atomic E-state index is 10.4. The molecule has 2 atom stereocenters. The molecule has 0 unspecified atom stereocenters. The van der Waals surface area contributed by atoms with Crippen molar-refractivity contribution in [2.24, 2.45) is 0 Å². The molecule has 0 heterocycles. The Morgan fingerprint density at radius 2 is 1.65 bits per heavy atom. The van der Waals surface area contributed by atoms with Crippen LogP contribution in [0.5, 0.6) is 11.5 Å². The normalized spacial score (nSPS) is 20.3. The van der Waals surface area contributed by atoms with Crippen molar-refractivity contribution in [1.29, 1.82) is 0 Å². The van der Waals surface area contributed by atoms with Crippen molar-refractivity contribution >= 4 is 6.08 Å². The summed E-state index contributed by atoms with van der Waals surface area (Å²) >= 11 is 0. The Morgan fingerprint density at radius 3 is 2.40 bits per heavy atom. The third-order valence-corrected chi connectivity index (χ3v) is 3.42. The minimum Gasteiger partial charge on any atom is -0.497 e. The standard InChI is InChI=1S/C17H16O3/c1-19-13-7-9-14(10-8-13)20-16-11-6-12-4-2-3-5-15(12)17(16)18/h2-11,16-18H,1H3/t16-,17-/m0/s1. The van der Waals surface area contributed by atoms with Crippen LogP contribution < -0.4 is 9.47 Å². The van der Waals surface area contributed by atoms with Gasteiger partial charge in [-0.15, -0.1) is 0 Å². The lowest BCUT2D eigenvalue weighted by Gasteiger charge is -2.26. The summed E-state index contributed by atoms with van der Waals surface area (Å²) in [5.41, 5.74) is 1.93. The fraction of sp³-hybridized carbons (Fsp3) is 0.176. The Bertz CT molecular complexity index is 616. The minimum atomic E-state index is -0.654. The van der Waals surface area contributed by atoms with E-state index in [0.717, 1.165) is 16.9 Å². The highest BCUT2D eigenvalue weighted by molar-refractivity contribution is 5.58. The second-order valence-electron chi connectivity index (χ2n) is 4.69. The zero-order chi connectivity index (χ0) is 13.9. The van der Waals surface area contributed by atoms with Crippen LogP contribution in [-0.4, -0.2) is 18.3 Å². The first-order valence-corrected chi connectivity index (χ1v) is 6.54. The van der Waals surface area contributed by atoms with Gasteiger partial charge in [-0.25, -0.2) is 0 Å². The van der Waals surface area contributed by atoms with E-state index in [1.165, 1.54) is 0 Å². The van der Waals surface area contributed by atoms with Gasteiger partial charge in [-0.3, -0.25) is 0 Å². The van der Waals surface area contributed by atoms with Gasteiger partial charge in [0.2, 0.25) is 0 Å². The van der Waals surface area contributed by atoms with Gasteiger partial charge in [-0.2, -0.15) is 0 Å². The SMILES string of the molecule is COc1ccc(O[C@H]2C=Cc3ccccc3[C@@H]2O)cc1. The molecule has 0 aromatic heterocycles. The van der Waals surface area contributed by atoms with Crippen molar-refractivity contribution in [3.05, 3.63) is 65.7 Å². The number of rotatable bonds is 3. The molecule has 2 aromatic carbocycles. The average molecular weight is 268 g/mol. The predicted molar refractivity (Wildman–Crippen MR) is 77.8 cm³/mol. The number of aliphatic hydroxyl groups is 1. The molecule has 0 aliphatic heterocycles. The van der Waals surface area contributed by atoms with Crippen molar-refractivity contribution < 1.29 is 14.6 Å². The fourth-order valence-electron chi connectivity index (χ4n) is 2.33. The van der Waals surface area contributed by atoms with Gasteiger partial charge < -0.3 is 14.6 Å². The van der Waals surface area contributed by atoms with Gasteiger partial charge in [0.05, 0.1) is 7.11 Å². The van der Waals surface area contributed by atoms with Gasteiger partial charge in [0.1, 0.15) is 23.7 Å². The second-order valence-corrected chi connectivity index (χ2v) is 4.69. The number of methoxy groups -OCH3 is 1. The van der Waals surface area contributed by atoms with Crippen LogP contribution in [0.1, 0.15) is 17.2 Å². The van der Waals surface area contributed by atoms with Crippen molar-refractivity contribution in [2.45, 2.75) is 12.2 Å². The van der Waals surface area contributed by atoms with Crippen LogP contribution in [0.15, 0.2) is 54.6 Å². The molecule has 3 rings (SSSR count). The summed E-state index contributed by atoms with van der Waals surface area (Å²) in [6.45, 7) is 0. The van der Waals surface area contributed by atoms with Crippen LogP contribution in [-0.2, 0) is 0 Å². The molecule has 0 saturated carbocycles. The van der Waals surface area contributed by atoms with Gasteiger partial charge in [0.25, 0.3) is 0 Å². The van der Waals surface area contributed by atoms with E-state index in [1.54, 1.807) is 7.11 Å². The highest BCUT2D eigenvalue weighted by Crippen LogP contribution is 2.30. The summed E-state index contributed by atoms with van der Waals surface area (Å²) < 4.78 is 10.9. The molecule has 20 heavy (non-hydrogen) atoms. The van der Waals surface area contributed by atoms with E-state index >= 15 is 0 Å². The molecule has 102 valence electrons. The molecule has 3 heteroatoms. The molecule has 0 spiro atoms. The van der Waals surface area contributed by atoms with Crippen molar-refractivity contribution in [1.82, 2.24) is 0 Å². The smallest absolute Gasteiger partial charge is 0.147 e. The Hall–Kier alpha value is -2.26. The largest absolute Gasteiger partial charge is 0.497 e. The first-order chi connectivity index (χ1) is 9.78. The third kappa shape index (κ3) is 2.40. The quantitative estimate of drug-likeness (QED) is 0.929. The van der Waals surface area contributed by atoms with E-state index in [0.29, 0.717) is 5.75 Å². The first kappa shape index (κ1) is 12.8. The first-order valence-electron chi connectivity index (χ1n) is 6.54. The van der Waals surface area contributed by atoms with E-state index < -0.39 is 6.10 Å². The van der Waals surface area contributed by atoms with E-state index in [2.05, 4.69) is 0 Å². The molecule has 0 bridgehead atoms. The molecular weight excluding hydrogens is 252 g/mol. The van der Waals surface area contributed by atoms with Gasteiger partial charge in [0, 0.05) is 0 Å². The third-order valence-electron chi connectivity index (χ3n) is 3.42. The highest BCUT2D eigenvalue weighted by Gasteiger charge is 2.25. The Balaban J connectivity index is 1.79. The molecule has 1 aliphatic rings.